The number of nitrogens with one attached hydrogen (secondary N) is 1. The maximum Gasteiger partial charge on any atom is 0.251 e. The Morgan fingerprint density at radius 1 is 0.968 bits per heavy atom. The summed E-state index contributed by atoms with van der Waals surface area (Å²) in [6.45, 7) is 0.583. The lowest BCUT2D eigenvalue weighted by Gasteiger charge is -2.23. The molecule has 2 aromatic carbocycles. The highest BCUT2D eigenvalue weighted by Gasteiger charge is 2.32. The Kier molecular flexibility index (Phi) is 5.28. The van der Waals surface area contributed by atoms with Crippen molar-refractivity contribution in [2.75, 3.05) is 0 Å². The number of hydrogen-bond acceptors (Lipinski definition) is 3. The van der Waals surface area contributed by atoms with Gasteiger partial charge in [-0.25, -0.2) is 4.68 Å². The lowest BCUT2D eigenvalue weighted by atomic mass is 10.1. The predicted octanol–water partition coefficient (Wildman–Crippen LogP) is 3.50. The van der Waals surface area contributed by atoms with Crippen molar-refractivity contribution >= 4 is 11.8 Å². The first-order valence-corrected chi connectivity index (χ1v) is 10.9. The van der Waals surface area contributed by atoms with Gasteiger partial charge in [0.05, 0.1) is 12.1 Å². The van der Waals surface area contributed by atoms with Crippen LogP contribution < -0.4 is 5.32 Å². The third kappa shape index (κ3) is 4.85. The van der Waals surface area contributed by atoms with Crippen molar-refractivity contribution in [2.45, 2.75) is 50.7 Å². The molecular formula is C25H26N4O2. The van der Waals surface area contributed by atoms with E-state index in [4.69, 9.17) is 0 Å². The molecule has 31 heavy (non-hydrogen) atoms. The van der Waals surface area contributed by atoms with Crippen LogP contribution in [-0.2, 0) is 17.8 Å². The molecule has 0 atom stereocenters. The molecule has 0 spiro atoms. The summed E-state index contributed by atoms with van der Waals surface area (Å²) in [5, 5.41) is 7.24. The Morgan fingerprint density at radius 2 is 1.68 bits per heavy atom. The number of carbonyl (C=O) groups is 2. The molecule has 1 heterocycles. The van der Waals surface area contributed by atoms with E-state index in [0.29, 0.717) is 30.6 Å². The minimum atomic E-state index is -0.0114. The van der Waals surface area contributed by atoms with Crippen LogP contribution in [0.15, 0.2) is 67.0 Å². The lowest BCUT2D eigenvalue weighted by molar-refractivity contribution is -0.131. The Hall–Kier alpha value is -3.41. The van der Waals surface area contributed by atoms with Crippen molar-refractivity contribution in [3.05, 3.63) is 83.7 Å². The van der Waals surface area contributed by atoms with Gasteiger partial charge in [-0.15, -0.1) is 0 Å². The Labute approximate surface area is 181 Å². The molecule has 0 unspecified atom stereocenters. The number of rotatable bonds is 8. The molecule has 2 aliphatic carbocycles. The van der Waals surface area contributed by atoms with Crippen molar-refractivity contribution < 1.29 is 9.59 Å². The van der Waals surface area contributed by atoms with Gasteiger partial charge < -0.3 is 10.2 Å². The summed E-state index contributed by atoms with van der Waals surface area (Å²) in [5.41, 5.74) is 3.71. The second-order valence-electron chi connectivity index (χ2n) is 8.49. The zero-order chi connectivity index (χ0) is 21.2. The van der Waals surface area contributed by atoms with E-state index in [0.717, 1.165) is 42.5 Å². The third-order valence-electron chi connectivity index (χ3n) is 5.85. The van der Waals surface area contributed by atoms with Gasteiger partial charge in [-0.1, -0.05) is 24.3 Å². The first-order valence-electron chi connectivity index (χ1n) is 10.9. The van der Waals surface area contributed by atoms with Gasteiger partial charge in [-0.05, 0) is 67.1 Å². The Morgan fingerprint density at radius 3 is 2.29 bits per heavy atom. The Balaban J connectivity index is 1.22. The zero-order valence-corrected chi connectivity index (χ0v) is 17.4. The lowest BCUT2D eigenvalue weighted by Crippen LogP contribution is -2.33. The summed E-state index contributed by atoms with van der Waals surface area (Å²) >= 11 is 0. The fraction of sp³-hybridized carbons (Fsp3) is 0.320. The summed E-state index contributed by atoms with van der Waals surface area (Å²) in [5.74, 6) is 0.132. The molecular weight excluding hydrogens is 388 g/mol. The molecule has 5 rings (SSSR count). The standard InChI is InChI=1S/C25H26N4O2/c30-24(16-18-4-10-23(11-5-18)29-15-1-14-26-29)28(22-12-13-22)17-19-2-6-20(7-3-19)25(31)27-21-8-9-21/h1-7,10-11,14-15,21-22H,8-9,12-13,16-17H2,(H,27,31). The van der Waals surface area contributed by atoms with Crippen LogP contribution in [0, 0.1) is 0 Å². The fourth-order valence-corrected chi connectivity index (χ4v) is 3.73. The normalized spacial score (nSPS) is 15.5. The van der Waals surface area contributed by atoms with Crippen molar-refractivity contribution in [3.8, 4) is 5.69 Å². The molecule has 2 saturated carbocycles. The van der Waals surface area contributed by atoms with Crippen LogP contribution in [0.1, 0.15) is 47.2 Å². The molecule has 0 saturated heterocycles. The van der Waals surface area contributed by atoms with Crippen molar-refractivity contribution in [2.24, 2.45) is 0 Å². The van der Waals surface area contributed by atoms with Gasteiger partial charge >= 0.3 is 0 Å². The molecule has 1 aromatic heterocycles. The van der Waals surface area contributed by atoms with Gasteiger partial charge in [0.2, 0.25) is 5.91 Å². The highest BCUT2D eigenvalue weighted by molar-refractivity contribution is 5.94. The number of nitrogens with zero attached hydrogens (tertiary/aromatic N) is 3. The van der Waals surface area contributed by atoms with Crippen LogP contribution in [-0.4, -0.2) is 38.6 Å². The molecule has 2 fully saturated rings. The fourth-order valence-electron chi connectivity index (χ4n) is 3.73. The smallest absolute Gasteiger partial charge is 0.251 e. The van der Waals surface area contributed by atoms with Crippen molar-refractivity contribution in [3.63, 3.8) is 0 Å². The number of carbonyl (C=O) groups excluding carboxylic acids is 2. The highest BCUT2D eigenvalue weighted by Crippen LogP contribution is 2.29. The SMILES string of the molecule is O=C(NC1CC1)c1ccc(CN(C(=O)Cc2ccc(-n3cccn3)cc2)C2CC2)cc1. The number of benzene rings is 2. The predicted molar refractivity (Wildman–Crippen MR) is 118 cm³/mol. The topological polar surface area (TPSA) is 67.2 Å². The Bertz CT molecular complexity index is 1050. The molecule has 158 valence electrons. The molecule has 0 bridgehead atoms. The molecule has 3 aromatic rings. The van der Waals surface area contributed by atoms with Gasteiger partial charge in [-0.3, -0.25) is 9.59 Å². The molecule has 2 amide bonds. The number of aromatic nitrogens is 2. The quantitative estimate of drug-likeness (QED) is 0.614. The maximum atomic E-state index is 13.1. The molecule has 1 N–H and O–H groups in total. The van der Waals surface area contributed by atoms with Gasteiger partial charge in [0.1, 0.15) is 0 Å². The third-order valence-corrected chi connectivity index (χ3v) is 5.85. The summed E-state index contributed by atoms with van der Waals surface area (Å²) in [6.07, 6.45) is 8.31. The highest BCUT2D eigenvalue weighted by atomic mass is 16.2. The first kappa shape index (κ1) is 19.5. The van der Waals surface area contributed by atoms with E-state index >= 15 is 0 Å². The number of amides is 2. The average Bonchev–Trinajstić information content (AvgIpc) is 3.72. The van der Waals surface area contributed by atoms with E-state index in [9.17, 15) is 9.59 Å². The summed E-state index contributed by atoms with van der Waals surface area (Å²) in [6, 6.07) is 18.2. The van der Waals surface area contributed by atoms with E-state index in [2.05, 4.69) is 10.4 Å². The van der Waals surface area contributed by atoms with E-state index < -0.39 is 0 Å². The molecule has 0 radical (unpaired) electrons. The van der Waals surface area contributed by atoms with Crippen LogP contribution in [0.5, 0.6) is 0 Å². The summed E-state index contributed by atoms with van der Waals surface area (Å²) in [7, 11) is 0. The van der Waals surface area contributed by atoms with Crippen LogP contribution in [0.2, 0.25) is 0 Å². The van der Waals surface area contributed by atoms with Gasteiger partial charge in [0.15, 0.2) is 0 Å². The van der Waals surface area contributed by atoms with E-state index in [1.54, 1.807) is 10.9 Å². The van der Waals surface area contributed by atoms with Crippen LogP contribution >= 0.6 is 0 Å². The zero-order valence-electron chi connectivity index (χ0n) is 17.4. The second kappa shape index (κ2) is 8.38. The van der Waals surface area contributed by atoms with Gasteiger partial charge in [-0.2, -0.15) is 5.10 Å². The monoisotopic (exact) mass is 414 g/mol. The molecule has 6 heteroatoms. The minimum Gasteiger partial charge on any atom is -0.349 e. The molecule has 6 nitrogen and oxygen atoms in total. The molecule has 0 aliphatic heterocycles. The van der Waals surface area contributed by atoms with E-state index in [-0.39, 0.29) is 11.8 Å². The van der Waals surface area contributed by atoms with Crippen molar-refractivity contribution in [1.82, 2.24) is 20.0 Å². The minimum absolute atomic E-state index is 0.0114. The van der Waals surface area contributed by atoms with Gasteiger partial charge in [0, 0.05) is 36.6 Å². The average molecular weight is 415 g/mol. The first-order chi connectivity index (χ1) is 15.2. The largest absolute Gasteiger partial charge is 0.349 e. The maximum absolute atomic E-state index is 13.1. The summed E-state index contributed by atoms with van der Waals surface area (Å²) < 4.78 is 1.80. The van der Waals surface area contributed by atoms with Crippen LogP contribution in [0.4, 0.5) is 0 Å². The van der Waals surface area contributed by atoms with E-state index in [1.165, 1.54) is 0 Å². The summed E-state index contributed by atoms with van der Waals surface area (Å²) in [4.78, 5) is 27.2. The molecule has 2 aliphatic rings. The second-order valence-corrected chi connectivity index (χ2v) is 8.49. The number of hydrogen-bond donors (Lipinski definition) is 1. The van der Waals surface area contributed by atoms with Gasteiger partial charge in [0.25, 0.3) is 5.91 Å². The van der Waals surface area contributed by atoms with E-state index in [1.807, 2.05) is 65.7 Å². The van der Waals surface area contributed by atoms with Crippen LogP contribution in [0.3, 0.4) is 0 Å². The van der Waals surface area contributed by atoms with Crippen molar-refractivity contribution in [1.29, 1.82) is 0 Å². The van der Waals surface area contributed by atoms with Crippen LogP contribution in [0.25, 0.3) is 5.69 Å².